The van der Waals surface area contributed by atoms with Gasteiger partial charge in [0.1, 0.15) is 5.76 Å². The van der Waals surface area contributed by atoms with Gasteiger partial charge in [-0.2, -0.15) is 0 Å². The van der Waals surface area contributed by atoms with E-state index in [0.717, 1.165) is 39.1 Å². The Hall–Kier alpha value is -1.93. The maximum atomic E-state index is 12.3. The Bertz CT molecular complexity index is 552. The number of aryl methyl sites for hydroxylation is 1. The van der Waals surface area contributed by atoms with Gasteiger partial charge in [0.25, 0.3) is 0 Å². The SMILES string of the molecule is CCCNC(=O)CN1CCN(C(C)C(=O)Nc2cc(C)on2)CC1. The summed E-state index contributed by atoms with van der Waals surface area (Å²) in [6, 6.07) is 1.44. The molecule has 134 valence electrons. The first-order chi connectivity index (χ1) is 11.5. The van der Waals surface area contributed by atoms with Gasteiger partial charge in [-0.05, 0) is 20.3 Å². The number of carbonyl (C=O) groups excluding carboxylic acids is 2. The molecular weight excluding hydrogens is 310 g/mol. The second-order valence-electron chi connectivity index (χ2n) is 6.15. The number of hydrogen-bond acceptors (Lipinski definition) is 6. The smallest absolute Gasteiger partial charge is 0.242 e. The van der Waals surface area contributed by atoms with Gasteiger partial charge in [0.15, 0.2) is 5.82 Å². The molecule has 1 fully saturated rings. The third-order valence-corrected chi connectivity index (χ3v) is 4.15. The largest absolute Gasteiger partial charge is 0.360 e. The molecule has 2 rings (SSSR count). The maximum Gasteiger partial charge on any atom is 0.242 e. The normalized spacial score (nSPS) is 17.5. The van der Waals surface area contributed by atoms with Crippen molar-refractivity contribution in [3.63, 3.8) is 0 Å². The molecule has 0 spiro atoms. The molecule has 0 radical (unpaired) electrons. The molecule has 1 aliphatic heterocycles. The molecule has 1 saturated heterocycles. The van der Waals surface area contributed by atoms with Crippen LogP contribution in [-0.2, 0) is 9.59 Å². The van der Waals surface area contributed by atoms with E-state index >= 15 is 0 Å². The van der Waals surface area contributed by atoms with Crippen molar-refractivity contribution in [1.29, 1.82) is 0 Å². The van der Waals surface area contributed by atoms with Crippen LogP contribution in [0.4, 0.5) is 5.82 Å². The Morgan fingerprint density at radius 2 is 2.04 bits per heavy atom. The van der Waals surface area contributed by atoms with Crippen molar-refractivity contribution >= 4 is 17.6 Å². The van der Waals surface area contributed by atoms with E-state index in [1.165, 1.54) is 0 Å². The first kappa shape index (κ1) is 18.4. The summed E-state index contributed by atoms with van der Waals surface area (Å²) < 4.78 is 4.95. The number of nitrogens with one attached hydrogen (secondary N) is 2. The van der Waals surface area contributed by atoms with Crippen LogP contribution in [-0.4, -0.2) is 72.1 Å². The Morgan fingerprint density at radius 1 is 1.33 bits per heavy atom. The molecule has 1 atom stereocenters. The van der Waals surface area contributed by atoms with Crippen LogP contribution in [0.15, 0.2) is 10.6 Å². The fourth-order valence-corrected chi connectivity index (χ4v) is 2.65. The van der Waals surface area contributed by atoms with Crippen molar-refractivity contribution in [2.45, 2.75) is 33.2 Å². The Balaban J connectivity index is 1.74. The Kier molecular flexibility index (Phi) is 6.74. The molecule has 0 saturated carbocycles. The van der Waals surface area contributed by atoms with E-state index in [-0.39, 0.29) is 17.9 Å². The lowest BCUT2D eigenvalue weighted by Gasteiger charge is -2.36. The molecule has 1 aromatic rings. The van der Waals surface area contributed by atoms with Crippen LogP contribution in [0.25, 0.3) is 0 Å². The molecule has 2 amide bonds. The summed E-state index contributed by atoms with van der Waals surface area (Å²) in [4.78, 5) is 28.3. The molecule has 2 N–H and O–H groups in total. The van der Waals surface area contributed by atoms with E-state index in [0.29, 0.717) is 18.1 Å². The highest BCUT2D eigenvalue weighted by Crippen LogP contribution is 2.11. The minimum atomic E-state index is -0.252. The minimum absolute atomic E-state index is 0.0671. The lowest BCUT2D eigenvalue weighted by molar-refractivity contribution is -0.124. The van der Waals surface area contributed by atoms with E-state index in [2.05, 4.69) is 25.6 Å². The molecule has 0 aromatic carbocycles. The number of anilines is 1. The Labute approximate surface area is 142 Å². The van der Waals surface area contributed by atoms with E-state index in [1.807, 2.05) is 13.8 Å². The summed E-state index contributed by atoms with van der Waals surface area (Å²) in [6.07, 6.45) is 0.942. The predicted octanol–water partition coefficient (Wildman–Crippen LogP) is 0.454. The fraction of sp³-hybridized carbons (Fsp3) is 0.688. The van der Waals surface area contributed by atoms with Gasteiger partial charge >= 0.3 is 0 Å². The van der Waals surface area contributed by atoms with Crippen LogP contribution >= 0.6 is 0 Å². The molecule has 24 heavy (non-hydrogen) atoms. The predicted molar refractivity (Wildman–Crippen MR) is 90.6 cm³/mol. The third-order valence-electron chi connectivity index (χ3n) is 4.15. The molecular formula is C16H27N5O3. The average Bonchev–Trinajstić information content (AvgIpc) is 2.97. The molecule has 8 heteroatoms. The second-order valence-corrected chi connectivity index (χ2v) is 6.15. The van der Waals surface area contributed by atoms with Crippen molar-refractivity contribution < 1.29 is 14.1 Å². The van der Waals surface area contributed by atoms with Crippen molar-refractivity contribution in [3.8, 4) is 0 Å². The lowest BCUT2D eigenvalue weighted by Crippen LogP contribution is -2.54. The third kappa shape index (κ3) is 5.31. The summed E-state index contributed by atoms with van der Waals surface area (Å²) >= 11 is 0. The van der Waals surface area contributed by atoms with Crippen LogP contribution in [0.5, 0.6) is 0 Å². The van der Waals surface area contributed by atoms with Crippen molar-refractivity contribution in [3.05, 3.63) is 11.8 Å². The zero-order chi connectivity index (χ0) is 17.5. The summed E-state index contributed by atoms with van der Waals surface area (Å²) in [5.74, 6) is 1.07. The zero-order valence-corrected chi connectivity index (χ0v) is 14.7. The Morgan fingerprint density at radius 3 is 2.62 bits per heavy atom. The number of aromatic nitrogens is 1. The molecule has 1 aliphatic rings. The van der Waals surface area contributed by atoms with Crippen molar-refractivity contribution in [2.75, 3.05) is 44.6 Å². The fourth-order valence-electron chi connectivity index (χ4n) is 2.65. The topological polar surface area (TPSA) is 90.7 Å². The van der Waals surface area contributed by atoms with Crippen molar-refractivity contribution in [1.82, 2.24) is 20.3 Å². The minimum Gasteiger partial charge on any atom is -0.360 e. The standard InChI is InChI=1S/C16H27N5O3/c1-4-5-17-15(22)11-20-6-8-21(9-7-20)13(3)16(23)18-14-10-12(2)24-19-14/h10,13H,4-9,11H2,1-3H3,(H,17,22)(H,18,19,23). The van der Waals surface area contributed by atoms with Gasteiger partial charge in [0.2, 0.25) is 11.8 Å². The molecule has 0 bridgehead atoms. The first-order valence-electron chi connectivity index (χ1n) is 8.47. The van der Waals surface area contributed by atoms with Gasteiger partial charge in [-0.25, -0.2) is 0 Å². The highest BCUT2D eigenvalue weighted by Gasteiger charge is 2.26. The summed E-state index contributed by atoms with van der Waals surface area (Å²) in [5.41, 5.74) is 0. The molecule has 1 unspecified atom stereocenters. The first-order valence-corrected chi connectivity index (χ1v) is 8.47. The van der Waals surface area contributed by atoms with Crippen molar-refractivity contribution in [2.24, 2.45) is 0 Å². The van der Waals surface area contributed by atoms with Gasteiger partial charge in [-0.1, -0.05) is 12.1 Å². The van der Waals surface area contributed by atoms with Gasteiger partial charge in [-0.15, -0.1) is 0 Å². The van der Waals surface area contributed by atoms with Gasteiger partial charge in [0.05, 0.1) is 12.6 Å². The summed E-state index contributed by atoms with van der Waals surface area (Å²) in [6.45, 7) is 9.91. The van der Waals surface area contributed by atoms with E-state index in [1.54, 1.807) is 13.0 Å². The van der Waals surface area contributed by atoms with Crippen LogP contribution in [0.1, 0.15) is 26.0 Å². The number of nitrogens with zero attached hydrogens (tertiary/aromatic N) is 3. The van der Waals surface area contributed by atoms with Crippen LogP contribution in [0.2, 0.25) is 0 Å². The molecule has 0 aliphatic carbocycles. The summed E-state index contributed by atoms with van der Waals surface area (Å²) in [7, 11) is 0. The number of hydrogen-bond donors (Lipinski definition) is 2. The van der Waals surface area contributed by atoms with Crippen LogP contribution < -0.4 is 10.6 Å². The lowest BCUT2D eigenvalue weighted by atomic mass is 10.2. The van der Waals surface area contributed by atoms with Crippen LogP contribution in [0.3, 0.4) is 0 Å². The van der Waals surface area contributed by atoms with Gasteiger partial charge < -0.3 is 15.2 Å². The van der Waals surface area contributed by atoms with Crippen LogP contribution in [0, 0.1) is 6.92 Å². The highest BCUT2D eigenvalue weighted by molar-refractivity contribution is 5.93. The highest BCUT2D eigenvalue weighted by atomic mass is 16.5. The van der Waals surface area contributed by atoms with E-state index in [4.69, 9.17) is 4.52 Å². The number of rotatable bonds is 7. The number of piperazine rings is 1. The summed E-state index contributed by atoms with van der Waals surface area (Å²) in [5, 5.41) is 9.42. The average molecular weight is 337 g/mol. The van der Waals surface area contributed by atoms with Gasteiger partial charge in [0, 0.05) is 38.8 Å². The number of amides is 2. The molecule has 8 nitrogen and oxygen atoms in total. The number of carbonyl (C=O) groups is 2. The monoisotopic (exact) mass is 337 g/mol. The zero-order valence-electron chi connectivity index (χ0n) is 14.7. The molecule has 2 heterocycles. The maximum absolute atomic E-state index is 12.3. The molecule has 1 aromatic heterocycles. The van der Waals surface area contributed by atoms with E-state index in [9.17, 15) is 9.59 Å². The van der Waals surface area contributed by atoms with Gasteiger partial charge in [-0.3, -0.25) is 19.4 Å². The van der Waals surface area contributed by atoms with E-state index < -0.39 is 0 Å². The quantitative estimate of drug-likeness (QED) is 0.751. The second kappa shape index (κ2) is 8.79.